The quantitative estimate of drug-likeness (QED) is 0.0582. The van der Waals surface area contributed by atoms with Gasteiger partial charge in [-0.05, 0) is 80.5 Å². The number of anilines is 2. The van der Waals surface area contributed by atoms with Gasteiger partial charge < -0.3 is 36.3 Å². The van der Waals surface area contributed by atoms with Gasteiger partial charge in [0, 0.05) is 116 Å². The van der Waals surface area contributed by atoms with E-state index in [0.717, 1.165) is 22.4 Å². The van der Waals surface area contributed by atoms with E-state index in [9.17, 15) is 9.59 Å². The minimum Gasteiger partial charge on any atom is -0.489 e. The van der Waals surface area contributed by atoms with Crippen molar-refractivity contribution in [2.24, 2.45) is 10.7 Å². The largest absolute Gasteiger partial charge is 0.489 e. The van der Waals surface area contributed by atoms with Crippen LogP contribution >= 0.6 is 0 Å². The van der Waals surface area contributed by atoms with Gasteiger partial charge in [-0.25, -0.2) is 9.59 Å². The Balaban J connectivity index is 0.000000210. The molecule has 1 fully saturated rings. The van der Waals surface area contributed by atoms with Crippen molar-refractivity contribution in [2.45, 2.75) is 32.7 Å². The summed E-state index contributed by atoms with van der Waals surface area (Å²) in [5.74, 6) is 2.09. The number of nitrogens with two attached hydrogens (primary N) is 2. The molecule has 0 atom stereocenters. The molecular formula is C42H44N8O5Y. The van der Waals surface area contributed by atoms with Gasteiger partial charge in [-0.3, -0.25) is 15.0 Å². The number of nitrogens with one attached hydrogen (secondary N) is 2. The van der Waals surface area contributed by atoms with E-state index >= 15 is 0 Å². The zero-order valence-electron chi connectivity index (χ0n) is 30.9. The molecule has 0 saturated carbocycles. The van der Waals surface area contributed by atoms with Crippen LogP contribution < -0.4 is 36.3 Å². The third kappa shape index (κ3) is 18.9. The maximum absolute atomic E-state index is 10.7. The molecule has 1 aliphatic rings. The van der Waals surface area contributed by atoms with Crippen molar-refractivity contribution < 1.29 is 56.5 Å². The van der Waals surface area contributed by atoms with Gasteiger partial charge in [0.1, 0.15) is 37.1 Å². The van der Waals surface area contributed by atoms with Gasteiger partial charge >= 0.3 is 6.03 Å². The Morgan fingerprint density at radius 3 is 1.59 bits per heavy atom. The molecule has 0 aliphatic carbocycles. The Morgan fingerprint density at radius 2 is 1.16 bits per heavy atom. The van der Waals surface area contributed by atoms with Gasteiger partial charge in [-0.2, -0.15) is 4.99 Å². The number of nitrogens with zero attached hydrogens (tertiary/aromatic N) is 4. The first-order valence-electron chi connectivity index (χ1n) is 17.4. The number of isocyanates is 1. The Morgan fingerprint density at radius 1 is 0.679 bits per heavy atom. The number of benzene rings is 3. The van der Waals surface area contributed by atoms with E-state index in [1.807, 2.05) is 60.7 Å². The molecule has 3 aromatic heterocycles. The number of aliphatic imine (C=N–C) groups is 1. The summed E-state index contributed by atoms with van der Waals surface area (Å²) in [5.41, 5.74) is 15.5. The molecule has 285 valence electrons. The summed E-state index contributed by atoms with van der Waals surface area (Å²) in [5, 5.41) is 5.71. The van der Waals surface area contributed by atoms with Gasteiger partial charge in [0.15, 0.2) is 0 Å². The molecule has 6 N–H and O–H groups in total. The summed E-state index contributed by atoms with van der Waals surface area (Å²) in [4.78, 5) is 36.4. The number of ether oxygens (including phenoxy) is 3. The molecule has 0 bridgehead atoms. The number of carbonyl (C=O) groups excluding carboxylic acids is 2. The second kappa shape index (κ2) is 26.7. The monoisotopic (exact) mass is 829 g/mol. The topological polar surface area (TPSA) is 189 Å². The van der Waals surface area contributed by atoms with Gasteiger partial charge in [-0.1, -0.05) is 36.4 Å². The molecule has 1 aliphatic heterocycles. The van der Waals surface area contributed by atoms with E-state index < -0.39 is 6.03 Å². The number of aromatic nitrogens is 3. The summed E-state index contributed by atoms with van der Waals surface area (Å²) < 4.78 is 16.7. The number of urea groups is 1. The molecule has 3 aromatic carbocycles. The third-order valence-electron chi connectivity index (χ3n) is 7.29. The predicted molar refractivity (Wildman–Crippen MR) is 213 cm³/mol. The van der Waals surface area contributed by atoms with Gasteiger partial charge in [0.25, 0.3) is 0 Å². The van der Waals surface area contributed by atoms with E-state index in [2.05, 4.69) is 30.6 Å². The Bertz CT molecular complexity index is 2030. The normalized spacial score (nSPS) is 10.8. The number of amides is 2. The fourth-order valence-corrected chi connectivity index (χ4v) is 4.68. The zero-order valence-corrected chi connectivity index (χ0v) is 33.7. The average Bonchev–Trinajstić information content (AvgIpc) is 3.82. The minimum atomic E-state index is -0.598. The maximum Gasteiger partial charge on any atom is 0.316 e. The predicted octanol–water partition coefficient (Wildman–Crippen LogP) is 7.39. The smallest absolute Gasteiger partial charge is 0.316 e. The first-order valence-corrected chi connectivity index (χ1v) is 17.4. The molecule has 1 saturated heterocycles. The molecular weight excluding hydrogens is 785 g/mol. The summed E-state index contributed by atoms with van der Waals surface area (Å²) in [7, 11) is 0. The number of hydrogen-bond donors (Lipinski definition) is 4. The average molecular weight is 830 g/mol. The first-order chi connectivity index (χ1) is 27.0. The van der Waals surface area contributed by atoms with Crippen LogP contribution in [0.25, 0.3) is 0 Å². The van der Waals surface area contributed by atoms with E-state index in [1.165, 1.54) is 32.0 Å². The van der Waals surface area contributed by atoms with E-state index in [-0.39, 0.29) is 32.7 Å². The second-order valence-corrected chi connectivity index (χ2v) is 11.7. The number of nitrogen functional groups attached to an aromatic ring is 1. The molecule has 14 heteroatoms. The standard InChI is InChI=1S/C13H13N3O2.C13H10N2O2.C12H12N2O.C4H9N.Y/c14-13(17)16-11-4-1-5-12(7-11)18-9-10-3-2-6-15-8-10;16-10-15-12-4-1-5-13(7-12)17-9-11-3-2-6-14-8-11;13-11-4-1-5-12(7-11)15-9-10-3-2-6-14-8-10;1-2-4-5-3-1;/h1-8H,9H2,(H3,14,16,17);1-8H,9H2;1-8H,9,13H2;5H,1-4H2;. The first kappa shape index (κ1) is 44.4. The third-order valence-corrected chi connectivity index (χ3v) is 7.29. The van der Waals surface area contributed by atoms with Crippen LogP contribution in [0.15, 0.2) is 151 Å². The number of carbonyl (C=O) groups is 1. The molecule has 1 radical (unpaired) electrons. The molecule has 0 unspecified atom stereocenters. The van der Waals surface area contributed by atoms with E-state index in [0.29, 0.717) is 48.4 Å². The summed E-state index contributed by atoms with van der Waals surface area (Å²) in [6.07, 6.45) is 14.7. The Kier molecular flexibility index (Phi) is 21.2. The van der Waals surface area contributed by atoms with Crippen LogP contribution in [0.2, 0.25) is 0 Å². The van der Waals surface area contributed by atoms with Gasteiger partial charge in [0.05, 0.1) is 5.69 Å². The Hall–Kier alpha value is -5.98. The zero-order chi connectivity index (χ0) is 38.8. The summed E-state index contributed by atoms with van der Waals surface area (Å²) in [6.45, 7) is 3.87. The van der Waals surface area contributed by atoms with Crippen molar-refractivity contribution in [3.63, 3.8) is 0 Å². The van der Waals surface area contributed by atoms with Crippen LogP contribution in [-0.2, 0) is 57.3 Å². The van der Waals surface area contributed by atoms with E-state index in [1.54, 1.807) is 85.7 Å². The van der Waals surface area contributed by atoms with Crippen LogP contribution in [0.5, 0.6) is 17.2 Å². The SMILES string of the molecule is C1CCNC1.NC(=O)Nc1cccc(OCc2cccnc2)c1.Nc1cccc(OCc2cccnc2)c1.O=C=Nc1cccc(OCc2cccnc2)c1.[Y]. The minimum absolute atomic E-state index is 0. The molecule has 7 rings (SSSR count). The van der Waals surface area contributed by atoms with Crippen LogP contribution in [0.3, 0.4) is 0 Å². The second-order valence-electron chi connectivity index (χ2n) is 11.7. The van der Waals surface area contributed by atoms with Gasteiger partial charge in [0.2, 0.25) is 6.08 Å². The number of pyridine rings is 3. The van der Waals surface area contributed by atoms with Crippen LogP contribution in [-0.4, -0.2) is 40.2 Å². The van der Waals surface area contributed by atoms with Crippen molar-refractivity contribution in [1.29, 1.82) is 0 Å². The van der Waals surface area contributed by atoms with Gasteiger partial charge in [-0.15, -0.1) is 0 Å². The number of primary amides is 1. The van der Waals surface area contributed by atoms with E-state index in [4.69, 9.17) is 25.7 Å². The van der Waals surface area contributed by atoms with Crippen molar-refractivity contribution >= 4 is 29.2 Å². The number of hydrogen-bond acceptors (Lipinski definition) is 11. The summed E-state index contributed by atoms with van der Waals surface area (Å²) in [6, 6.07) is 32.2. The number of rotatable bonds is 11. The molecule has 2 amide bonds. The van der Waals surface area contributed by atoms with Crippen LogP contribution in [0, 0.1) is 0 Å². The van der Waals surface area contributed by atoms with Crippen molar-refractivity contribution in [1.82, 2.24) is 20.3 Å². The summed E-state index contributed by atoms with van der Waals surface area (Å²) >= 11 is 0. The van der Waals surface area contributed by atoms with Crippen LogP contribution in [0.4, 0.5) is 21.9 Å². The molecule has 6 aromatic rings. The van der Waals surface area contributed by atoms with Crippen molar-refractivity contribution in [3.8, 4) is 17.2 Å². The van der Waals surface area contributed by atoms with Crippen molar-refractivity contribution in [3.05, 3.63) is 163 Å². The molecule has 56 heavy (non-hydrogen) atoms. The maximum atomic E-state index is 10.7. The molecule has 0 spiro atoms. The van der Waals surface area contributed by atoms with Crippen LogP contribution in [0.1, 0.15) is 29.5 Å². The van der Waals surface area contributed by atoms with Crippen molar-refractivity contribution in [2.75, 3.05) is 24.1 Å². The Labute approximate surface area is 351 Å². The molecule has 4 heterocycles. The fourth-order valence-electron chi connectivity index (χ4n) is 4.68. The fraction of sp³-hybridized carbons (Fsp3) is 0.167. The molecule has 13 nitrogen and oxygen atoms in total.